The lowest BCUT2D eigenvalue weighted by Gasteiger charge is -2.34. The van der Waals surface area contributed by atoms with Crippen molar-refractivity contribution < 1.29 is 24.2 Å². The van der Waals surface area contributed by atoms with Crippen LogP contribution in [-0.4, -0.2) is 75.2 Å². The molecule has 3 atom stereocenters. The number of amides is 1. The number of esters is 1. The number of ether oxygens (including phenoxy) is 1. The number of nitrogens with zero attached hydrogens (tertiary/aromatic N) is 1. The number of hydrogen-bond acceptors (Lipinski definition) is 7. The Kier molecular flexibility index (Phi) is 11.4. The van der Waals surface area contributed by atoms with E-state index in [2.05, 4.69) is 5.32 Å². The van der Waals surface area contributed by atoms with E-state index >= 15 is 0 Å². The molecule has 7 nitrogen and oxygen atoms in total. The van der Waals surface area contributed by atoms with Crippen molar-refractivity contribution in [3.05, 3.63) is 35.9 Å². The van der Waals surface area contributed by atoms with Crippen molar-refractivity contribution in [1.29, 1.82) is 0 Å². The molecule has 0 bridgehead atoms. The summed E-state index contributed by atoms with van der Waals surface area (Å²) in [4.78, 5) is 38.9. The molecule has 1 amide bonds. The van der Waals surface area contributed by atoms with E-state index in [0.29, 0.717) is 19.4 Å². The number of carbonyl (C=O) groups is 3. The maximum absolute atomic E-state index is 13.3. The fraction of sp³-hybridized carbons (Fsp3) is 0.609. The number of carboxylic acids is 1. The molecule has 1 fully saturated rings. The van der Waals surface area contributed by atoms with E-state index in [4.69, 9.17) is 4.74 Å². The van der Waals surface area contributed by atoms with Crippen molar-refractivity contribution in [3.63, 3.8) is 0 Å². The van der Waals surface area contributed by atoms with E-state index in [1.54, 1.807) is 37.4 Å². The van der Waals surface area contributed by atoms with E-state index < -0.39 is 30.1 Å². The molecular formula is C23H34N2O5S2. The van der Waals surface area contributed by atoms with Crippen molar-refractivity contribution in [1.82, 2.24) is 10.2 Å². The summed E-state index contributed by atoms with van der Waals surface area (Å²) in [5.74, 6) is 0.265. The van der Waals surface area contributed by atoms with Crippen LogP contribution in [0.4, 0.5) is 0 Å². The Hall–Kier alpha value is -1.71. The number of rotatable bonds is 12. The number of thioether (sulfide) groups is 2. The van der Waals surface area contributed by atoms with Gasteiger partial charge in [0.25, 0.3) is 0 Å². The fourth-order valence-electron chi connectivity index (χ4n) is 3.46. The summed E-state index contributed by atoms with van der Waals surface area (Å²) in [6.45, 7) is 5.57. The van der Waals surface area contributed by atoms with Gasteiger partial charge < -0.3 is 14.7 Å². The zero-order valence-electron chi connectivity index (χ0n) is 19.0. The molecule has 2 N–H and O–H groups in total. The summed E-state index contributed by atoms with van der Waals surface area (Å²) in [5, 5.41) is 12.7. The first-order valence-electron chi connectivity index (χ1n) is 11.1. The summed E-state index contributed by atoms with van der Waals surface area (Å²) < 4.78 is 5.37. The number of hydrogen-bond donors (Lipinski definition) is 2. The van der Waals surface area contributed by atoms with Crippen LogP contribution in [0.1, 0.15) is 39.2 Å². The van der Waals surface area contributed by atoms with E-state index in [0.717, 1.165) is 23.5 Å². The van der Waals surface area contributed by atoms with Crippen LogP contribution in [0.3, 0.4) is 0 Å². The Morgan fingerprint density at radius 2 is 1.84 bits per heavy atom. The van der Waals surface area contributed by atoms with E-state index in [9.17, 15) is 19.5 Å². The Bertz CT molecular complexity index is 743. The molecule has 0 spiro atoms. The van der Waals surface area contributed by atoms with Gasteiger partial charge in [-0.3, -0.25) is 14.9 Å². The van der Waals surface area contributed by atoms with Crippen LogP contribution in [0.15, 0.2) is 30.3 Å². The molecule has 178 valence electrons. The number of carboxylic acid groups (broad SMARTS) is 1. The first kappa shape index (κ1) is 26.5. The number of benzene rings is 1. The quantitative estimate of drug-likeness (QED) is 0.439. The largest absolute Gasteiger partial charge is 0.480 e. The van der Waals surface area contributed by atoms with Crippen LogP contribution < -0.4 is 5.32 Å². The SMILES string of the molecule is CCOC(=O)[C@H](CCc1ccccc1)NC(C)C(=O)N(CC1SCCCS1)[C@@H](C)C(=O)O. The van der Waals surface area contributed by atoms with Gasteiger partial charge in [0, 0.05) is 6.54 Å². The zero-order chi connectivity index (χ0) is 23.5. The number of aryl methyl sites for hydroxylation is 1. The van der Waals surface area contributed by atoms with Crippen LogP contribution >= 0.6 is 23.5 Å². The van der Waals surface area contributed by atoms with E-state index in [1.165, 1.54) is 11.8 Å². The summed E-state index contributed by atoms with van der Waals surface area (Å²) in [6.07, 6.45) is 2.25. The minimum Gasteiger partial charge on any atom is -0.480 e. The maximum Gasteiger partial charge on any atom is 0.326 e. The van der Waals surface area contributed by atoms with Gasteiger partial charge in [-0.1, -0.05) is 30.3 Å². The average molecular weight is 483 g/mol. The number of carbonyl (C=O) groups excluding carboxylic acids is 2. The fourth-order valence-corrected chi connectivity index (χ4v) is 6.29. The minimum absolute atomic E-state index is 0.153. The Labute approximate surface area is 199 Å². The third-order valence-corrected chi connectivity index (χ3v) is 8.21. The van der Waals surface area contributed by atoms with E-state index in [1.807, 2.05) is 30.3 Å². The predicted molar refractivity (Wildman–Crippen MR) is 130 cm³/mol. The molecule has 1 heterocycles. The summed E-state index contributed by atoms with van der Waals surface area (Å²) in [7, 11) is 0. The summed E-state index contributed by atoms with van der Waals surface area (Å²) >= 11 is 3.53. The van der Waals surface area contributed by atoms with Gasteiger partial charge in [0.1, 0.15) is 12.1 Å². The predicted octanol–water partition coefficient (Wildman–Crippen LogP) is 3.03. The third kappa shape index (κ3) is 8.33. The van der Waals surface area contributed by atoms with Crippen molar-refractivity contribution in [2.45, 2.75) is 62.7 Å². The highest BCUT2D eigenvalue weighted by atomic mass is 32.2. The number of nitrogens with one attached hydrogen (secondary N) is 1. The molecule has 2 rings (SSSR count). The van der Waals surface area contributed by atoms with Crippen molar-refractivity contribution >= 4 is 41.4 Å². The second kappa shape index (κ2) is 13.7. The lowest BCUT2D eigenvalue weighted by molar-refractivity contribution is -0.151. The van der Waals surface area contributed by atoms with Gasteiger partial charge in [0.2, 0.25) is 5.91 Å². The lowest BCUT2D eigenvalue weighted by Crippen LogP contribution is -2.55. The first-order chi connectivity index (χ1) is 15.3. The molecule has 1 aromatic rings. The highest BCUT2D eigenvalue weighted by Gasteiger charge is 2.33. The van der Waals surface area contributed by atoms with Crippen molar-refractivity contribution in [2.75, 3.05) is 24.7 Å². The minimum atomic E-state index is -1.04. The Morgan fingerprint density at radius 3 is 2.44 bits per heavy atom. The smallest absolute Gasteiger partial charge is 0.326 e. The van der Waals surface area contributed by atoms with Crippen molar-refractivity contribution in [3.8, 4) is 0 Å². The van der Waals surface area contributed by atoms with Crippen LogP contribution in [0, 0.1) is 0 Å². The van der Waals surface area contributed by atoms with Crippen LogP contribution in [0.25, 0.3) is 0 Å². The molecular weight excluding hydrogens is 448 g/mol. The highest BCUT2D eigenvalue weighted by Crippen LogP contribution is 2.31. The topological polar surface area (TPSA) is 95.9 Å². The van der Waals surface area contributed by atoms with Crippen LogP contribution in [0.2, 0.25) is 0 Å². The molecule has 1 unspecified atom stereocenters. The van der Waals surface area contributed by atoms with Gasteiger partial charge in [-0.2, -0.15) is 0 Å². The molecule has 0 aromatic heterocycles. The van der Waals surface area contributed by atoms with Crippen LogP contribution in [-0.2, 0) is 25.5 Å². The molecule has 9 heteroatoms. The van der Waals surface area contributed by atoms with Gasteiger partial charge in [-0.25, -0.2) is 4.79 Å². The third-order valence-electron chi connectivity index (χ3n) is 5.31. The first-order valence-corrected chi connectivity index (χ1v) is 13.2. The molecule has 1 aliphatic rings. The van der Waals surface area contributed by atoms with Gasteiger partial charge in [0.15, 0.2) is 0 Å². The summed E-state index contributed by atoms with van der Waals surface area (Å²) in [5.41, 5.74) is 1.09. The Balaban J connectivity index is 2.08. The second-order valence-corrected chi connectivity index (χ2v) is 10.7. The molecule has 1 aromatic carbocycles. The van der Waals surface area contributed by atoms with Crippen LogP contribution in [0.5, 0.6) is 0 Å². The molecule has 0 radical (unpaired) electrons. The molecule has 1 aliphatic heterocycles. The van der Waals surface area contributed by atoms with E-state index in [-0.39, 0.29) is 17.1 Å². The summed E-state index contributed by atoms with van der Waals surface area (Å²) in [6, 6.07) is 7.49. The molecule has 32 heavy (non-hydrogen) atoms. The van der Waals surface area contributed by atoms with Gasteiger partial charge in [-0.15, -0.1) is 23.5 Å². The second-order valence-electron chi connectivity index (χ2n) is 7.75. The maximum atomic E-state index is 13.3. The van der Waals surface area contributed by atoms with Crippen molar-refractivity contribution in [2.24, 2.45) is 0 Å². The molecule has 0 saturated carbocycles. The monoisotopic (exact) mass is 482 g/mol. The normalized spacial score (nSPS) is 17.2. The number of aliphatic carboxylic acids is 1. The average Bonchev–Trinajstić information content (AvgIpc) is 2.80. The van der Waals surface area contributed by atoms with Gasteiger partial charge >= 0.3 is 11.9 Å². The molecule has 1 saturated heterocycles. The van der Waals surface area contributed by atoms with Gasteiger partial charge in [0.05, 0.1) is 17.2 Å². The zero-order valence-corrected chi connectivity index (χ0v) is 20.6. The molecule has 0 aliphatic carbocycles. The standard InChI is InChI=1S/C23H34N2O5S2/c1-4-30-23(29)19(12-11-18-9-6-5-7-10-18)24-16(2)21(26)25(17(3)22(27)28)15-20-31-13-8-14-32-20/h5-7,9-10,16-17,19-20,24H,4,8,11-15H2,1-3H3,(H,27,28)/t16?,17-,19-/m0/s1. The van der Waals surface area contributed by atoms with Gasteiger partial charge in [-0.05, 0) is 57.1 Å². The lowest BCUT2D eigenvalue weighted by atomic mass is 10.0. The Morgan fingerprint density at radius 1 is 1.19 bits per heavy atom. The highest BCUT2D eigenvalue weighted by molar-refractivity contribution is 8.17.